The maximum absolute atomic E-state index is 13.2. The van der Waals surface area contributed by atoms with Crippen LogP contribution in [0, 0.1) is 13.8 Å². The molecular weight excluding hydrogens is 440 g/mol. The summed E-state index contributed by atoms with van der Waals surface area (Å²) in [4.78, 5) is 9.38. The fraction of sp³-hybridized carbons (Fsp3) is 0.167. The van der Waals surface area contributed by atoms with E-state index in [0.717, 1.165) is 11.1 Å². The van der Waals surface area contributed by atoms with Crippen LogP contribution in [0.2, 0.25) is 0 Å². The van der Waals surface area contributed by atoms with Gasteiger partial charge in [0, 0.05) is 6.54 Å². The molecule has 0 unspecified atom stereocenters. The number of sulfonamides is 1. The number of para-hydroxylation sites is 2. The van der Waals surface area contributed by atoms with Crippen LogP contribution in [0.4, 0.5) is 11.6 Å². The molecule has 168 valence electrons. The van der Waals surface area contributed by atoms with Crippen molar-refractivity contribution in [3.05, 3.63) is 77.4 Å². The highest BCUT2D eigenvalue weighted by molar-refractivity contribution is 7.92. The molecule has 5 rings (SSSR count). The largest absolute Gasteiger partial charge is 0.454 e. The standard InChI is InChI=1S/C24H22N4O4S/c1-15-7-8-16(2)22(11-15)33(29,30)28-24-23(26-18-5-3-4-6-19(18)27-24)25-13-17-9-10-20-21(12-17)32-14-31-20/h3-12H,13-14H2,1-2H3,(H,25,26)(H,27,28). The zero-order valence-electron chi connectivity index (χ0n) is 18.1. The van der Waals surface area contributed by atoms with Gasteiger partial charge in [0.1, 0.15) is 0 Å². The van der Waals surface area contributed by atoms with Gasteiger partial charge in [-0.3, -0.25) is 4.72 Å². The van der Waals surface area contributed by atoms with Gasteiger partial charge in [-0.05, 0) is 60.9 Å². The lowest BCUT2D eigenvalue weighted by Gasteiger charge is -2.15. The predicted octanol–water partition coefficient (Wildman–Crippen LogP) is 4.39. The van der Waals surface area contributed by atoms with Crippen LogP contribution in [0.3, 0.4) is 0 Å². The van der Waals surface area contributed by atoms with Crippen LogP contribution in [-0.2, 0) is 16.6 Å². The van der Waals surface area contributed by atoms with Gasteiger partial charge >= 0.3 is 0 Å². The van der Waals surface area contributed by atoms with E-state index in [4.69, 9.17) is 9.47 Å². The molecule has 4 aromatic rings. The Hall–Kier alpha value is -3.85. The van der Waals surface area contributed by atoms with E-state index in [-0.39, 0.29) is 17.5 Å². The normalized spacial score (nSPS) is 12.7. The van der Waals surface area contributed by atoms with Crippen molar-refractivity contribution >= 4 is 32.7 Å². The van der Waals surface area contributed by atoms with E-state index >= 15 is 0 Å². The summed E-state index contributed by atoms with van der Waals surface area (Å²) >= 11 is 0. The third-order valence-corrected chi connectivity index (χ3v) is 6.81. The molecule has 1 aliphatic heterocycles. The van der Waals surface area contributed by atoms with Gasteiger partial charge in [0.25, 0.3) is 10.0 Å². The molecule has 1 aliphatic rings. The van der Waals surface area contributed by atoms with Gasteiger partial charge in [0.2, 0.25) is 6.79 Å². The summed E-state index contributed by atoms with van der Waals surface area (Å²) in [5.41, 5.74) is 3.67. The zero-order valence-corrected chi connectivity index (χ0v) is 18.9. The van der Waals surface area contributed by atoms with E-state index in [1.54, 1.807) is 25.1 Å². The van der Waals surface area contributed by atoms with Gasteiger partial charge in [0.15, 0.2) is 23.1 Å². The Balaban J connectivity index is 1.49. The summed E-state index contributed by atoms with van der Waals surface area (Å²) in [5.74, 6) is 1.84. The van der Waals surface area contributed by atoms with E-state index in [1.165, 1.54) is 0 Å². The second kappa shape index (κ2) is 8.25. The second-order valence-electron chi connectivity index (χ2n) is 7.83. The van der Waals surface area contributed by atoms with E-state index in [9.17, 15) is 8.42 Å². The molecule has 0 fully saturated rings. The maximum atomic E-state index is 13.2. The number of benzene rings is 3. The topological polar surface area (TPSA) is 102 Å². The molecule has 0 saturated carbocycles. The number of nitrogens with zero attached hydrogens (tertiary/aromatic N) is 2. The monoisotopic (exact) mass is 462 g/mol. The van der Waals surface area contributed by atoms with Gasteiger partial charge in [0.05, 0.1) is 15.9 Å². The van der Waals surface area contributed by atoms with Gasteiger partial charge in [-0.2, -0.15) is 0 Å². The Morgan fingerprint density at radius 2 is 1.61 bits per heavy atom. The molecule has 0 atom stereocenters. The van der Waals surface area contributed by atoms with Crippen molar-refractivity contribution < 1.29 is 17.9 Å². The Morgan fingerprint density at radius 3 is 2.39 bits per heavy atom. The smallest absolute Gasteiger partial charge is 0.263 e. The number of aromatic nitrogens is 2. The SMILES string of the molecule is Cc1ccc(C)c(S(=O)(=O)Nc2nc3ccccc3nc2NCc2ccc3c(c2)OCO3)c1. The highest BCUT2D eigenvalue weighted by atomic mass is 32.2. The molecule has 0 spiro atoms. The molecule has 0 amide bonds. The zero-order chi connectivity index (χ0) is 23.0. The highest BCUT2D eigenvalue weighted by Gasteiger charge is 2.21. The molecule has 0 saturated heterocycles. The average molecular weight is 463 g/mol. The first-order valence-electron chi connectivity index (χ1n) is 10.4. The number of anilines is 2. The fourth-order valence-corrected chi connectivity index (χ4v) is 4.95. The summed E-state index contributed by atoms with van der Waals surface area (Å²) in [5, 5.41) is 3.22. The minimum absolute atomic E-state index is 0.135. The first-order valence-corrected chi connectivity index (χ1v) is 11.9. The predicted molar refractivity (Wildman–Crippen MR) is 126 cm³/mol. The first-order chi connectivity index (χ1) is 15.9. The molecule has 0 radical (unpaired) electrons. The number of ether oxygens (including phenoxy) is 2. The van der Waals surface area contributed by atoms with E-state index in [2.05, 4.69) is 20.0 Å². The quantitative estimate of drug-likeness (QED) is 0.438. The van der Waals surface area contributed by atoms with Crippen LogP contribution in [0.5, 0.6) is 11.5 Å². The van der Waals surface area contributed by atoms with Gasteiger partial charge < -0.3 is 14.8 Å². The number of hydrogen-bond acceptors (Lipinski definition) is 7. The Kier molecular flexibility index (Phi) is 5.26. The van der Waals surface area contributed by atoms with Crippen molar-refractivity contribution in [3.8, 4) is 11.5 Å². The first kappa shape index (κ1) is 21.0. The maximum Gasteiger partial charge on any atom is 0.263 e. The van der Waals surface area contributed by atoms with Crippen LogP contribution in [-0.4, -0.2) is 25.2 Å². The second-order valence-corrected chi connectivity index (χ2v) is 9.48. The molecule has 8 nitrogen and oxygen atoms in total. The third-order valence-electron chi connectivity index (χ3n) is 5.33. The summed E-state index contributed by atoms with van der Waals surface area (Å²) in [6, 6.07) is 18.3. The Labute approximate surface area is 191 Å². The highest BCUT2D eigenvalue weighted by Crippen LogP contribution is 2.33. The molecule has 2 N–H and O–H groups in total. The molecule has 3 aromatic carbocycles. The summed E-state index contributed by atoms with van der Waals surface area (Å²) in [6.45, 7) is 4.21. The number of fused-ring (bicyclic) bond motifs is 2. The number of hydrogen-bond donors (Lipinski definition) is 2. The van der Waals surface area contributed by atoms with Crippen molar-refractivity contribution in [2.75, 3.05) is 16.8 Å². The van der Waals surface area contributed by atoms with E-state index in [1.807, 2.05) is 49.4 Å². The minimum atomic E-state index is -3.88. The molecule has 0 bridgehead atoms. The summed E-state index contributed by atoms with van der Waals surface area (Å²) < 4.78 is 39.9. The van der Waals surface area contributed by atoms with Crippen LogP contribution in [0.15, 0.2) is 65.6 Å². The van der Waals surface area contributed by atoms with E-state index < -0.39 is 10.0 Å². The van der Waals surface area contributed by atoms with Crippen molar-refractivity contribution in [3.63, 3.8) is 0 Å². The molecule has 1 aromatic heterocycles. The van der Waals surface area contributed by atoms with Crippen LogP contribution < -0.4 is 19.5 Å². The third kappa shape index (κ3) is 4.27. The van der Waals surface area contributed by atoms with Gasteiger partial charge in [-0.15, -0.1) is 0 Å². The summed E-state index contributed by atoms with van der Waals surface area (Å²) in [7, 11) is -3.88. The van der Waals surface area contributed by atoms with Crippen LogP contribution in [0.25, 0.3) is 11.0 Å². The van der Waals surface area contributed by atoms with Crippen LogP contribution in [0.1, 0.15) is 16.7 Å². The molecule has 9 heteroatoms. The lowest BCUT2D eigenvalue weighted by molar-refractivity contribution is 0.174. The van der Waals surface area contributed by atoms with Crippen molar-refractivity contribution in [2.24, 2.45) is 0 Å². The Bertz CT molecular complexity index is 1470. The van der Waals surface area contributed by atoms with Crippen molar-refractivity contribution in [1.29, 1.82) is 0 Å². The van der Waals surface area contributed by atoms with Crippen molar-refractivity contribution in [2.45, 2.75) is 25.3 Å². The average Bonchev–Trinajstić information content (AvgIpc) is 3.27. The van der Waals surface area contributed by atoms with E-state index in [0.29, 0.717) is 40.5 Å². The lowest BCUT2D eigenvalue weighted by atomic mass is 10.2. The fourth-order valence-electron chi connectivity index (χ4n) is 3.61. The molecule has 2 heterocycles. The van der Waals surface area contributed by atoms with Gasteiger partial charge in [-0.1, -0.05) is 30.3 Å². The lowest BCUT2D eigenvalue weighted by Crippen LogP contribution is -2.17. The molecule has 33 heavy (non-hydrogen) atoms. The number of rotatable bonds is 6. The van der Waals surface area contributed by atoms with Crippen molar-refractivity contribution in [1.82, 2.24) is 9.97 Å². The Morgan fingerprint density at radius 1 is 0.879 bits per heavy atom. The van der Waals surface area contributed by atoms with Crippen LogP contribution >= 0.6 is 0 Å². The molecule has 0 aliphatic carbocycles. The summed E-state index contributed by atoms with van der Waals surface area (Å²) in [6.07, 6.45) is 0. The minimum Gasteiger partial charge on any atom is -0.454 e. The van der Waals surface area contributed by atoms with Gasteiger partial charge in [-0.25, -0.2) is 18.4 Å². The molecular formula is C24H22N4O4S. The number of aryl methyl sites for hydroxylation is 2. The number of nitrogens with one attached hydrogen (secondary N) is 2.